The van der Waals surface area contributed by atoms with Crippen LogP contribution in [0.2, 0.25) is 5.02 Å². The van der Waals surface area contributed by atoms with E-state index in [-0.39, 0.29) is 11.1 Å². The van der Waals surface area contributed by atoms with Crippen molar-refractivity contribution >= 4 is 23.4 Å². The van der Waals surface area contributed by atoms with Crippen LogP contribution in [0.25, 0.3) is 0 Å². The molecule has 0 N–H and O–H groups in total. The maximum Gasteiger partial charge on any atom is 0.123 e. The van der Waals surface area contributed by atoms with Crippen molar-refractivity contribution in [3.05, 3.63) is 59.0 Å². The molecular formula is C13H11ClFNS. The number of aromatic nitrogens is 1. The maximum atomic E-state index is 13.1. The number of hydrogen-bond acceptors (Lipinski definition) is 2. The standard InChI is InChI=1S/C13H11ClFNS/c1-9(10-4-2-5-11(15)8-10)17-13-12(14)6-3-7-16-13/h2-9H,1H3. The van der Waals surface area contributed by atoms with Crippen molar-refractivity contribution < 1.29 is 4.39 Å². The maximum absolute atomic E-state index is 13.1. The van der Waals surface area contributed by atoms with Gasteiger partial charge in [-0.05, 0) is 36.8 Å². The molecule has 1 heterocycles. The molecule has 0 fully saturated rings. The van der Waals surface area contributed by atoms with Gasteiger partial charge in [0.25, 0.3) is 0 Å². The highest BCUT2D eigenvalue weighted by atomic mass is 35.5. The summed E-state index contributed by atoms with van der Waals surface area (Å²) in [5.41, 5.74) is 0.928. The SMILES string of the molecule is CC(Sc1ncccc1Cl)c1cccc(F)c1. The Kier molecular flexibility index (Phi) is 4.02. The van der Waals surface area contributed by atoms with E-state index in [1.807, 2.05) is 13.0 Å². The molecule has 0 bridgehead atoms. The largest absolute Gasteiger partial charge is 0.248 e. The lowest BCUT2D eigenvalue weighted by Crippen LogP contribution is -1.91. The molecule has 0 aliphatic rings. The highest BCUT2D eigenvalue weighted by Gasteiger charge is 2.11. The van der Waals surface area contributed by atoms with Crippen molar-refractivity contribution in [1.82, 2.24) is 4.98 Å². The summed E-state index contributed by atoms with van der Waals surface area (Å²) in [6, 6.07) is 10.2. The molecular weight excluding hydrogens is 257 g/mol. The third-order valence-corrected chi connectivity index (χ3v) is 3.92. The van der Waals surface area contributed by atoms with E-state index in [2.05, 4.69) is 4.98 Å². The summed E-state index contributed by atoms with van der Waals surface area (Å²) in [5.74, 6) is -0.220. The van der Waals surface area contributed by atoms with Crippen LogP contribution in [0.5, 0.6) is 0 Å². The second-order valence-corrected chi connectivity index (χ2v) is 5.34. The molecule has 0 spiro atoms. The lowest BCUT2D eigenvalue weighted by Gasteiger charge is -2.11. The minimum absolute atomic E-state index is 0.109. The number of thioether (sulfide) groups is 1. The smallest absolute Gasteiger partial charge is 0.123 e. The molecule has 0 aliphatic carbocycles. The fraction of sp³-hybridized carbons (Fsp3) is 0.154. The van der Waals surface area contributed by atoms with E-state index < -0.39 is 0 Å². The summed E-state index contributed by atoms with van der Waals surface area (Å²) in [6.07, 6.45) is 1.70. The number of pyridine rings is 1. The lowest BCUT2D eigenvalue weighted by atomic mass is 10.2. The first-order valence-electron chi connectivity index (χ1n) is 5.19. The zero-order valence-corrected chi connectivity index (χ0v) is 10.8. The van der Waals surface area contributed by atoms with E-state index in [9.17, 15) is 4.39 Å². The van der Waals surface area contributed by atoms with Gasteiger partial charge in [-0.1, -0.05) is 35.5 Å². The normalized spacial score (nSPS) is 12.4. The molecule has 2 aromatic rings. The Balaban J connectivity index is 2.17. The van der Waals surface area contributed by atoms with Crippen LogP contribution in [0.15, 0.2) is 47.6 Å². The Hall–Kier alpha value is -1.06. The molecule has 2 rings (SSSR count). The summed E-state index contributed by atoms with van der Waals surface area (Å²) < 4.78 is 13.1. The molecule has 1 aromatic carbocycles. The van der Waals surface area contributed by atoms with Gasteiger partial charge in [0.05, 0.1) is 5.02 Å². The van der Waals surface area contributed by atoms with Crippen LogP contribution in [0.4, 0.5) is 4.39 Å². The molecule has 1 atom stereocenters. The van der Waals surface area contributed by atoms with Gasteiger partial charge in [0.1, 0.15) is 10.8 Å². The summed E-state index contributed by atoms with van der Waals surface area (Å²) in [4.78, 5) is 4.20. The predicted molar refractivity (Wildman–Crippen MR) is 69.9 cm³/mol. The molecule has 0 radical (unpaired) electrons. The van der Waals surface area contributed by atoms with Gasteiger partial charge in [0.15, 0.2) is 0 Å². The first kappa shape index (κ1) is 12.4. The third-order valence-electron chi connectivity index (χ3n) is 2.33. The van der Waals surface area contributed by atoms with Crippen LogP contribution in [-0.2, 0) is 0 Å². The molecule has 0 amide bonds. The van der Waals surface area contributed by atoms with E-state index in [0.29, 0.717) is 5.02 Å². The fourth-order valence-electron chi connectivity index (χ4n) is 1.45. The Morgan fingerprint density at radius 1 is 1.29 bits per heavy atom. The Labute approximate surface area is 109 Å². The van der Waals surface area contributed by atoms with Gasteiger partial charge in [-0.3, -0.25) is 0 Å². The molecule has 1 unspecified atom stereocenters. The number of nitrogens with zero attached hydrogens (tertiary/aromatic N) is 1. The summed E-state index contributed by atoms with van der Waals surface area (Å²) in [5, 5.41) is 1.50. The number of hydrogen-bond donors (Lipinski definition) is 0. The van der Waals surface area contributed by atoms with Crippen LogP contribution >= 0.6 is 23.4 Å². The van der Waals surface area contributed by atoms with Gasteiger partial charge in [-0.15, -0.1) is 0 Å². The highest BCUT2D eigenvalue weighted by Crippen LogP contribution is 2.36. The zero-order valence-electron chi connectivity index (χ0n) is 9.23. The van der Waals surface area contributed by atoms with Crippen molar-refractivity contribution in [2.24, 2.45) is 0 Å². The van der Waals surface area contributed by atoms with Gasteiger partial charge in [0, 0.05) is 11.4 Å². The van der Waals surface area contributed by atoms with Gasteiger partial charge in [-0.25, -0.2) is 9.37 Å². The minimum atomic E-state index is -0.220. The molecule has 1 aromatic heterocycles. The van der Waals surface area contributed by atoms with Crippen LogP contribution in [0.3, 0.4) is 0 Å². The van der Waals surface area contributed by atoms with Gasteiger partial charge < -0.3 is 0 Å². The monoisotopic (exact) mass is 267 g/mol. The number of halogens is 2. The Morgan fingerprint density at radius 3 is 2.82 bits per heavy atom. The van der Waals surface area contributed by atoms with E-state index in [0.717, 1.165) is 10.6 Å². The fourth-order valence-corrected chi connectivity index (χ4v) is 2.63. The summed E-state index contributed by atoms with van der Waals surface area (Å²) in [6.45, 7) is 2.00. The van der Waals surface area contributed by atoms with Gasteiger partial charge in [0.2, 0.25) is 0 Å². The quantitative estimate of drug-likeness (QED) is 0.746. The van der Waals surface area contributed by atoms with Crippen LogP contribution in [-0.4, -0.2) is 4.98 Å². The van der Waals surface area contributed by atoms with E-state index in [1.54, 1.807) is 24.4 Å². The lowest BCUT2D eigenvalue weighted by molar-refractivity contribution is 0.625. The molecule has 88 valence electrons. The van der Waals surface area contributed by atoms with Gasteiger partial charge in [-0.2, -0.15) is 0 Å². The second-order valence-electron chi connectivity index (χ2n) is 3.61. The van der Waals surface area contributed by atoms with Crippen molar-refractivity contribution in [2.45, 2.75) is 17.2 Å². The van der Waals surface area contributed by atoms with Crippen molar-refractivity contribution in [1.29, 1.82) is 0 Å². The van der Waals surface area contributed by atoms with Crippen molar-refractivity contribution in [2.75, 3.05) is 0 Å². The molecule has 1 nitrogen and oxygen atoms in total. The summed E-state index contributed by atoms with van der Waals surface area (Å²) >= 11 is 7.55. The van der Waals surface area contributed by atoms with Crippen molar-refractivity contribution in [3.8, 4) is 0 Å². The molecule has 0 aliphatic heterocycles. The first-order valence-corrected chi connectivity index (χ1v) is 6.45. The average molecular weight is 268 g/mol. The third kappa shape index (κ3) is 3.20. The zero-order chi connectivity index (χ0) is 12.3. The van der Waals surface area contributed by atoms with Crippen LogP contribution < -0.4 is 0 Å². The number of benzene rings is 1. The average Bonchev–Trinajstić information content (AvgIpc) is 2.32. The van der Waals surface area contributed by atoms with E-state index in [4.69, 9.17) is 11.6 Å². The van der Waals surface area contributed by atoms with E-state index in [1.165, 1.54) is 23.9 Å². The Morgan fingerprint density at radius 2 is 2.12 bits per heavy atom. The molecule has 0 saturated carbocycles. The minimum Gasteiger partial charge on any atom is -0.248 e. The predicted octanol–water partition coefficient (Wildman–Crippen LogP) is 4.73. The topological polar surface area (TPSA) is 12.9 Å². The van der Waals surface area contributed by atoms with Gasteiger partial charge >= 0.3 is 0 Å². The van der Waals surface area contributed by atoms with Crippen LogP contribution in [0.1, 0.15) is 17.7 Å². The van der Waals surface area contributed by atoms with E-state index >= 15 is 0 Å². The van der Waals surface area contributed by atoms with Crippen molar-refractivity contribution in [3.63, 3.8) is 0 Å². The second kappa shape index (κ2) is 5.52. The summed E-state index contributed by atoms with van der Waals surface area (Å²) in [7, 11) is 0. The highest BCUT2D eigenvalue weighted by molar-refractivity contribution is 7.99. The van der Waals surface area contributed by atoms with Crippen LogP contribution in [0, 0.1) is 5.82 Å². The number of rotatable bonds is 3. The molecule has 4 heteroatoms. The molecule has 0 saturated heterocycles. The Bertz CT molecular complexity index is 518. The first-order chi connectivity index (χ1) is 8.16. The molecule has 17 heavy (non-hydrogen) atoms.